The second-order valence-corrected chi connectivity index (χ2v) is 12.0. The van der Waals surface area contributed by atoms with Crippen LogP contribution in [0.1, 0.15) is 55.2 Å². The summed E-state index contributed by atoms with van der Waals surface area (Å²) in [5.41, 5.74) is 10.4. The molecule has 0 atom stereocenters. The van der Waals surface area contributed by atoms with E-state index in [9.17, 15) is 15.0 Å². The molecule has 1 heterocycles. The molecule has 0 radical (unpaired) electrons. The summed E-state index contributed by atoms with van der Waals surface area (Å²) in [6, 6.07) is 33.5. The summed E-state index contributed by atoms with van der Waals surface area (Å²) in [5.74, 6) is -0.667. The van der Waals surface area contributed by atoms with Crippen LogP contribution in [0.4, 0.5) is 22.7 Å². The molecule has 0 saturated carbocycles. The summed E-state index contributed by atoms with van der Waals surface area (Å²) in [6.07, 6.45) is 0. The number of rotatable bonds is 6. The second kappa shape index (κ2) is 11.3. The van der Waals surface area contributed by atoms with Gasteiger partial charge in [0.2, 0.25) is 0 Å². The second-order valence-electron chi connectivity index (χ2n) is 12.0. The minimum atomic E-state index is -1.18. The van der Waals surface area contributed by atoms with E-state index < -0.39 is 11.9 Å². The van der Waals surface area contributed by atoms with Crippen molar-refractivity contribution in [3.05, 3.63) is 148 Å². The number of aryl methyl sites for hydroxylation is 4. The predicted octanol–water partition coefficient (Wildman–Crippen LogP) is 10.3. The number of nitrogens with one attached hydrogen (secondary N) is 2. The van der Waals surface area contributed by atoms with Gasteiger partial charge in [0.15, 0.2) is 0 Å². The van der Waals surface area contributed by atoms with E-state index in [2.05, 4.69) is 62.6 Å². The summed E-state index contributed by atoms with van der Waals surface area (Å²) >= 11 is 0. The Morgan fingerprint density at radius 1 is 0.652 bits per heavy atom. The van der Waals surface area contributed by atoms with Gasteiger partial charge in [0.25, 0.3) is 0 Å². The van der Waals surface area contributed by atoms with Gasteiger partial charge < -0.3 is 25.6 Å². The van der Waals surface area contributed by atoms with Crippen LogP contribution in [0, 0.1) is 27.7 Å². The summed E-state index contributed by atoms with van der Waals surface area (Å²) in [5, 5.41) is 30.4. The molecule has 228 valence electrons. The Balaban J connectivity index is 1.42. The van der Waals surface area contributed by atoms with Gasteiger partial charge in [-0.1, -0.05) is 72.8 Å². The highest BCUT2D eigenvalue weighted by Crippen LogP contribution is 2.53. The minimum Gasteiger partial charge on any atom is -0.507 e. The molecule has 0 fully saturated rings. The number of carbonyl (C=O) groups is 1. The van der Waals surface area contributed by atoms with Crippen molar-refractivity contribution in [1.29, 1.82) is 0 Å². The quantitative estimate of drug-likeness (QED) is 0.151. The van der Waals surface area contributed by atoms with E-state index in [1.54, 1.807) is 0 Å². The zero-order valence-corrected chi connectivity index (χ0v) is 26.1. The molecule has 0 spiro atoms. The fourth-order valence-corrected chi connectivity index (χ4v) is 6.61. The zero-order chi connectivity index (χ0) is 32.1. The molecule has 0 amide bonds. The molecule has 0 bridgehead atoms. The maximum absolute atomic E-state index is 12.3. The molecule has 1 aliphatic heterocycles. The summed E-state index contributed by atoms with van der Waals surface area (Å²) < 4.78 is 6.66. The molecule has 0 unspecified atom stereocenters. The van der Waals surface area contributed by atoms with Gasteiger partial charge in [0, 0.05) is 57.5 Å². The number of para-hydroxylation sites is 2. The first kappa shape index (κ1) is 29.0. The van der Waals surface area contributed by atoms with Crippen molar-refractivity contribution in [2.75, 3.05) is 10.6 Å². The van der Waals surface area contributed by atoms with Crippen LogP contribution in [0.3, 0.4) is 0 Å². The van der Waals surface area contributed by atoms with Gasteiger partial charge in [-0.2, -0.15) is 0 Å². The maximum Gasteiger partial charge on any atom is 0.339 e. The first-order chi connectivity index (χ1) is 22.2. The number of ether oxygens (including phenoxy) is 1. The van der Waals surface area contributed by atoms with Crippen LogP contribution in [0.5, 0.6) is 17.2 Å². The average Bonchev–Trinajstić information content (AvgIpc) is 3.03. The predicted molar refractivity (Wildman–Crippen MR) is 185 cm³/mol. The van der Waals surface area contributed by atoms with Crippen LogP contribution in [0.15, 0.2) is 103 Å². The van der Waals surface area contributed by atoms with Crippen molar-refractivity contribution >= 4 is 39.5 Å². The SMILES string of the molecule is Cc1cccc(C)c1Nc1ccc2c(c1)Oc1cc(Nc3c(C)cccc3C)ccc1C2c1c(O)c(C(=O)O)cc2ccccc12. The molecule has 0 aromatic heterocycles. The highest BCUT2D eigenvalue weighted by Gasteiger charge is 2.34. The average molecular weight is 607 g/mol. The Hall–Kier alpha value is -5.75. The topological polar surface area (TPSA) is 90.8 Å². The summed E-state index contributed by atoms with van der Waals surface area (Å²) in [4.78, 5) is 12.3. The van der Waals surface area contributed by atoms with Crippen molar-refractivity contribution in [2.24, 2.45) is 0 Å². The molecule has 6 heteroatoms. The van der Waals surface area contributed by atoms with E-state index in [1.807, 2.05) is 72.8 Å². The normalized spacial score (nSPS) is 12.3. The number of anilines is 4. The van der Waals surface area contributed by atoms with Crippen LogP contribution >= 0.6 is 0 Å². The molecule has 7 rings (SSSR count). The van der Waals surface area contributed by atoms with Gasteiger partial charge in [-0.15, -0.1) is 0 Å². The van der Waals surface area contributed by atoms with E-state index in [0.29, 0.717) is 17.1 Å². The molecule has 46 heavy (non-hydrogen) atoms. The van der Waals surface area contributed by atoms with E-state index in [0.717, 1.165) is 66.9 Å². The van der Waals surface area contributed by atoms with Crippen molar-refractivity contribution in [1.82, 2.24) is 0 Å². The lowest BCUT2D eigenvalue weighted by Crippen LogP contribution is -2.14. The molecule has 1 aliphatic rings. The van der Waals surface area contributed by atoms with Gasteiger partial charge in [0.05, 0.1) is 0 Å². The van der Waals surface area contributed by atoms with Crippen molar-refractivity contribution in [3.63, 3.8) is 0 Å². The Morgan fingerprint density at radius 3 is 1.65 bits per heavy atom. The molecule has 6 nitrogen and oxygen atoms in total. The first-order valence-corrected chi connectivity index (χ1v) is 15.3. The Labute approximate surface area is 267 Å². The van der Waals surface area contributed by atoms with Crippen LogP contribution < -0.4 is 15.4 Å². The van der Waals surface area contributed by atoms with E-state index in [4.69, 9.17) is 4.74 Å². The molecule has 6 aromatic carbocycles. The van der Waals surface area contributed by atoms with Crippen molar-refractivity contribution < 1.29 is 19.7 Å². The number of fused-ring (bicyclic) bond motifs is 3. The Bertz CT molecular complexity index is 2040. The summed E-state index contributed by atoms with van der Waals surface area (Å²) in [7, 11) is 0. The summed E-state index contributed by atoms with van der Waals surface area (Å²) in [6.45, 7) is 8.30. The molecular weight excluding hydrogens is 572 g/mol. The Kier molecular flexibility index (Phi) is 7.13. The Morgan fingerprint density at radius 2 is 1.15 bits per heavy atom. The van der Waals surface area contributed by atoms with E-state index in [-0.39, 0.29) is 11.3 Å². The third kappa shape index (κ3) is 4.98. The third-order valence-corrected chi connectivity index (χ3v) is 8.95. The van der Waals surface area contributed by atoms with E-state index >= 15 is 0 Å². The lowest BCUT2D eigenvalue weighted by atomic mass is 9.79. The highest BCUT2D eigenvalue weighted by atomic mass is 16.5. The van der Waals surface area contributed by atoms with Crippen LogP contribution in [-0.2, 0) is 0 Å². The van der Waals surface area contributed by atoms with Gasteiger partial charge in [-0.3, -0.25) is 0 Å². The van der Waals surface area contributed by atoms with Gasteiger partial charge >= 0.3 is 5.97 Å². The van der Waals surface area contributed by atoms with Gasteiger partial charge in [-0.05, 0) is 78.9 Å². The largest absolute Gasteiger partial charge is 0.507 e. The minimum absolute atomic E-state index is 0.134. The lowest BCUT2D eigenvalue weighted by Gasteiger charge is -2.31. The first-order valence-electron chi connectivity index (χ1n) is 15.3. The van der Waals surface area contributed by atoms with Crippen LogP contribution in [-0.4, -0.2) is 16.2 Å². The molecule has 0 aliphatic carbocycles. The van der Waals surface area contributed by atoms with Crippen LogP contribution in [0.2, 0.25) is 0 Å². The molecular formula is C40H34N2O4. The van der Waals surface area contributed by atoms with Crippen LogP contribution in [0.25, 0.3) is 10.8 Å². The number of phenols is 1. The van der Waals surface area contributed by atoms with Crippen molar-refractivity contribution in [2.45, 2.75) is 33.6 Å². The zero-order valence-electron chi connectivity index (χ0n) is 26.1. The van der Waals surface area contributed by atoms with Gasteiger partial charge in [0.1, 0.15) is 22.8 Å². The van der Waals surface area contributed by atoms with Gasteiger partial charge in [-0.25, -0.2) is 4.79 Å². The number of aromatic carboxylic acids is 1. The third-order valence-electron chi connectivity index (χ3n) is 8.95. The number of hydrogen-bond acceptors (Lipinski definition) is 5. The maximum atomic E-state index is 12.3. The number of carboxylic acid groups (broad SMARTS) is 1. The molecule has 0 saturated heterocycles. The highest BCUT2D eigenvalue weighted by molar-refractivity contribution is 6.00. The smallest absolute Gasteiger partial charge is 0.339 e. The fourth-order valence-electron chi connectivity index (χ4n) is 6.61. The standard InChI is InChI=1S/C40H34N2O4/c1-22-9-7-10-23(2)37(22)41-27-15-17-30-33(20-27)46-34-21-28(42-38-24(3)11-8-12-25(38)4)16-18-31(34)35(30)36-29-14-6-5-13-26(29)19-32(39(36)43)40(44)45/h5-21,35,41-43H,1-4H3,(H,44,45). The van der Waals surface area contributed by atoms with E-state index in [1.165, 1.54) is 6.07 Å². The van der Waals surface area contributed by atoms with Crippen molar-refractivity contribution in [3.8, 4) is 17.2 Å². The fraction of sp³-hybridized carbons (Fsp3) is 0.125. The number of aromatic hydroxyl groups is 1. The monoisotopic (exact) mass is 606 g/mol. The lowest BCUT2D eigenvalue weighted by molar-refractivity contribution is 0.0693. The number of benzene rings is 6. The molecule has 4 N–H and O–H groups in total. The molecule has 6 aromatic rings. The number of carboxylic acids is 1. The number of hydrogen-bond donors (Lipinski definition) is 4.